The predicted molar refractivity (Wildman–Crippen MR) is 67.5 cm³/mol. The van der Waals surface area contributed by atoms with Crippen molar-refractivity contribution in [2.45, 2.75) is 11.1 Å². The third-order valence-electron chi connectivity index (χ3n) is 2.56. The number of alkyl halides is 3. The Morgan fingerprint density at radius 1 is 1.24 bits per heavy atom. The fourth-order valence-electron chi connectivity index (χ4n) is 1.71. The van der Waals surface area contributed by atoms with Gasteiger partial charge >= 0.3 is 6.18 Å². The molecule has 1 aromatic carbocycles. The fraction of sp³-hybridized carbons (Fsp3) is 0.250. The van der Waals surface area contributed by atoms with Crippen LogP contribution < -0.4 is 4.74 Å². The van der Waals surface area contributed by atoms with E-state index in [2.05, 4.69) is 9.17 Å². The molecular formula is C12H10F3NO4S. The lowest BCUT2D eigenvalue weighted by Gasteiger charge is -2.11. The van der Waals surface area contributed by atoms with Crippen LogP contribution in [0.3, 0.4) is 0 Å². The van der Waals surface area contributed by atoms with Gasteiger partial charge in [0.05, 0.1) is 7.11 Å². The van der Waals surface area contributed by atoms with Gasteiger partial charge in [-0.2, -0.15) is 21.6 Å². The van der Waals surface area contributed by atoms with Gasteiger partial charge in [0.1, 0.15) is 16.2 Å². The van der Waals surface area contributed by atoms with Gasteiger partial charge in [-0.25, -0.2) is 0 Å². The van der Waals surface area contributed by atoms with Crippen LogP contribution in [0.5, 0.6) is 5.75 Å². The highest BCUT2D eigenvalue weighted by molar-refractivity contribution is 7.87. The van der Waals surface area contributed by atoms with Gasteiger partial charge in [-0.15, -0.1) is 0 Å². The third-order valence-corrected chi connectivity index (χ3v) is 3.88. The van der Waals surface area contributed by atoms with Crippen LogP contribution in [0.15, 0.2) is 35.4 Å². The second-order valence-electron chi connectivity index (χ2n) is 4.00. The molecule has 2 rings (SSSR count). The summed E-state index contributed by atoms with van der Waals surface area (Å²) in [5.41, 5.74) is 0.219. The highest BCUT2D eigenvalue weighted by Gasteiger charge is 2.32. The molecule has 0 spiro atoms. The highest BCUT2D eigenvalue weighted by atomic mass is 32.2. The molecule has 5 nitrogen and oxygen atoms in total. The zero-order valence-electron chi connectivity index (χ0n) is 10.7. The number of nitrogens with zero attached hydrogens (tertiary/aromatic N) is 1. The normalized spacial score (nSPS) is 12.6. The molecule has 0 saturated heterocycles. The molecule has 2 aromatic rings. The number of methoxy groups -OCH3 is 1. The van der Waals surface area contributed by atoms with E-state index in [-0.39, 0.29) is 10.9 Å². The van der Waals surface area contributed by atoms with Gasteiger partial charge < -0.3 is 4.74 Å². The number of hydrogen-bond donors (Lipinski definition) is 0. The smallest absolute Gasteiger partial charge is 0.413 e. The first-order chi connectivity index (χ1) is 9.74. The van der Waals surface area contributed by atoms with Crippen molar-refractivity contribution in [2.24, 2.45) is 0 Å². The van der Waals surface area contributed by atoms with Crippen LogP contribution in [-0.2, 0) is 14.3 Å². The number of halogens is 3. The number of pyridine rings is 1. The molecule has 21 heavy (non-hydrogen) atoms. The van der Waals surface area contributed by atoms with E-state index in [0.717, 1.165) is 6.07 Å². The summed E-state index contributed by atoms with van der Waals surface area (Å²) in [4.78, 5) is 3.57. The molecule has 0 amide bonds. The molecule has 0 atom stereocenters. The number of aromatic nitrogens is 1. The Morgan fingerprint density at radius 3 is 2.57 bits per heavy atom. The van der Waals surface area contributed by atoms with Crippen molar-refractivity contribution in [3.8, 4) is 5.75 Å². The first-order valence-corrected chi connectivity index (χ1v) is 7.03. The molecule has 0 fully saturated rings. The molecule has 1 heterocycles. The molecule has 0 radical (unpaired) electrons. The van der Waals surface area contributed by atoms with Gasteiger partial charge in [-0.05, 0) is 24.3 Å². The lowest BCUT2D eigenvalue weighted by atomic mass is 10.2. The van der Waals surface area contributed by atoms with Crippen LogP contribution in [0.25, 0.3) is 10.9 Å². The summed E-state index contributed by atoms with van der Waals surface area (Å²) in [6, 6.07) is 5.30. The Kier molecular flexibility index (Phi) is 4.06. The Hall–Kier alpha value is -1.87. The summed E-state index contributed by atoms with van der Waals surface area (Å²) in [7, 11) is -3.19. The number of benzene rings is 1. The quantitative estimate of drug-likeness (QED) is 0.810. The number of rotatable bonds is 4. The molecule has 0 aliphatic heterocycles. The van der Waals surface area contributed by atoms with E-state index >= 15 is 0 Å². The minimum Gasteiger partial charge on any atom is -0.494 e. The van der Waals surface area contributed by atoms with Crippen molar-refractivity contribution in [3.05, 3.63) is 30.5 Å². The zero-order valence-corrected chi connectivity index (χ0v) is 11.5. The molecule has 9 heteroatoms. The summed E-state index contributed by atoms with van der Waals surface area (Å²) in [5.74, 6) is 0.306. The van der Waals surface area contributed by atoms with E-state index in [1.807, 2.05) is 0 Å². The summed E-state index contributed by atoms with van der Waals surface area (Å²) >= 11 is 0. The molecule has 0 bridgehead atoms. The monoisotopic (exact) mass is 321 g/mol. The topological polar surface area (TPSA) is 65.5 Å². The van der Waals surface area contributed by atoms with Crippen LogP contribution in [0.2, 0.25) is 0 Å². The van der Waals surface area contributed by atoms with Crippen molar-refractivity contribution in [2.75, 3.05) is 13.7 Å². The molecule has 1 aromatic heterocycles. The second kappa shape index (κ2) is 5.49. The van der Waals surface area contributed by atoms with Gasteiger partial charge in [0.2, 0.25) is 0 Å². The van der Waals surface area contributed by atoms with Crippen molar-refractivity contribution in [3.63, 3.8) is 0 Å². The second-order valence-corrected chi connectivity index (χ2v) is 5.58. The Morgan fingerprint density at radius 2 is 1.95 bits per heavy atom. The van der Waals surface area contributed by atoms with Gasteiger partial charge in [-0.1, -0.05) is 0 Å². The Balaban J connectivity index is 2.52. The summed E-state index contributed by atoms with van der Waals surface area (Å²) in [6.07, 6.45) is -3.33. The van der Waals surface area contributed by atoms with Crippen LogP contribution >= 0.6 is 0 Å². The fourth-order valence-corrected chi connectivity index (χ4v) is 2.80. The largest absolute Gasteiger partial charge is 0.494 e. The molecule has 0 aliphatic rings. The predicted octanol–water partition coefficient (Wildman–Crippen LogP) is 2.51. The van der Waals surface area contributed by atoms with Crippen molar-refractivity contribution < 1.29 is 30.5 Å². The maximum absolute atomic E-state index is 12.1. The van der Waals surface area contributed by atoms with E-state index in [1.165, 1.54) is 31.5 Å². The average Bonchev–Trinajstić information content (AvgIpc) is 2.43. The van der Waals surface area contributed by atoms with E-state index in [0.29, 0.717) is 5.75 Å². The third kappa shape index (κ3) is 3.42. The van der Waals surface area contributed by atoms with Crippen LogP contribution in [0.4, 0.5) is 13.2 Å². The van der Waals surface area contributed by atoms with Crippen molar-refractivity contribution in [1.82, 2.24) is 4.98 Å². The van der Waals surface area contributed by atoms with Crippen LogP contribution in [0.1, 0.15) is 0 Å². The first kappa shape index (κ1) is 15.5. The highest BCUT2D eigenvalue weighted by Crippen LogP contribution is 2.30. The summed E-state index contributed by atoms with van der Waals surface area (Å²) < 4.78 is 69.2. The Bertz CT molecular complexity index is 759. The molecule has 0 aliphatic carbocycles. The molecule has 0 unspecified atom stereocenters. The maximum atomic E-state index is 12.1. The minimum absolute atomic E-state index is 0.124. The van der Waals surface area contributed by atoms with Crippen molar-refractivity contribution >= 4 is 21.0 Å². The first-order valence-electron chi connectivity index (χ1n) is 5.62. The zero-order chi connectivity index (χ0) is 15.7. The average molecular weight is 321 g/mol. The number of fused-ring (bicyclic) bond motifs is 1. The van der Waals surface area contributed by atoms with Crippen LogP contribution in [-0.4, -0.2) is 33.3 Å². The standard InChI is InChI=1S/C12H10F3NO4S/c1-19-9-4-5-10(8-3-2-6-16-11(8)9)21(17,18)20-7-12(13,14)15/h2-6H,7H2,1H3. The minimum atomic E-state index is -4.74. The van der Waals surface area contributed by atoms with Gasteiger partial charge in [0, 0.05) is 11.6 Å². The van der Waals surface area contributed by atoms with E-state index in [9.17, 15) is 21.6 Å². The molecule has 0 N–H and O–H groups in total. The maximum Gasteiger partial charge on any atom is 0.413 e. The molecular weight excluding hydrogens is 311 g/mol. The molecule has 0 saturated carbocycles. The Labute approximate surface area is 118 Å². The number of hydrogen-bond acceptors (Lipinski definition) is 5. The summed E-state index contributed by atoms with van der Waals surface area (Å²) in [5, 5.41) is 0.124. The van der Waals surface area contributed by atoms with E-state index in [4.69, 9.17) is 4.74 Å². The van der Waals surface area contributed by atoms with Gasteiger partial charge in [0.25, 0.3) is 10.1 Å². The van der Waals surface area contributed by atoms with Crippen molar-refractivity contribution in [1.29, 1.82) is 0 Å². The SMILES string of the molecule is COc1ccc(S(=O)(=O)OCC(F)(F)F)c2cccnc12. The lowest BCUT2D eigenvalue weighted by Crippen LogP contribution is -2.20. The van der Waals surface area contributed by atoms with E-state index < -0.39 is 27.8 Å². The van der Waals surface area contributed by atoms with Gasteiger partial charge in [0.15, 0.2) is 6.61 Å². The van der Waals surface area contributed by atoms with Crippen LogP contribution in [0, 0.1) is 0 Å². The molecule has 114 valence electrons. The van der Waals surface area contributed by atoms with E-state index in [1.54, 1.807) is 0 Å². The summed E-state index contributed by atoms with van der Waals surface area (Å²) in [6.45, 7) is -1.89. The number of ether oxygens (including phenoxy) is 1. The lowest BCUT2D eigenvalue weighted by molar-refractivity contribution is -0.152. The van der Waals surface area contributed by atoms with Gasteiger partial charge in [-0.3, -0.25) is 9.17 Å².